The van der Waals surface area contributed by atoms with Gasteiger partial charge in [0.25, 0.3) is 0 Å². The molecule has 0 aliphatic heterocycles. The molecule has 10 heteroatoms. The minimum absolute atomic E-state index is 0.104. The first-order chi connectivity index (χ1) is 12.6. The van der Waals surface area contributed by atoms with E-state index in [4.69, 9.17) is 4.42 Å². The number of furan rings is 1. The summed E-state index contributed by atoms with van der Waals surface area (Å²) in [6, 6.07) is 8.00. The van der Waals surface area contributed by atoms with Gasteiger partial charge in [0.1, 0.15) is 5.76 Å². The Hall–Kier alpha value is -2.14. The van der Waals surface area contributed by atoms with E-state index in [1.54, 1.807) is 16.8 Å². The number of alkyl halides is 3. The van der Waals surface area contributed by atoms with Crippen molar-refractivity contribution in [2.24, 2.45) is 0 Å². The number of nitrogens with one attached hydrogen (secondary N) is 1. The lowest BCUT2D eigenvalue weighted by molar-refractivity contribution is -0.137. The minimum atomic E-state index is -4.67. The average molecular weight is 417 g/mol. The zero-order valence-electron chi connectivity index (χ0n) is 13.6. The van der Waals surface area contributed by atoms with E-state index in [0.717, 1.165) is 18.2 Å². The monoisotopic (exact) mass is 417 g/mol. The second-order valence-electron chi connectivity index (χ2n) is 5.70. The summed E-state index contributed by atoms with van der Waals surface area (Å²) in [4.78, 5) is -0.551. The van der Waals surface area contributed by atoms with E-state index in [-0.39, 0.29) is 5.76 Å². The molecule has 2 aromatic heterocycles. The van der Waals surface area contributed by atoms with Crippen LogP contribution in [0.25, 0.3) is 0 Å². The molecule has 3 rings (SSSR count). The molecule has 0 spiro atoms. The van der Waals surface area contributed by atoms with Crippen molar-refractivity contribution in [2.75, 3.05) is 6.54 Å². The zero-order chi connectivity index (χ0) is 19.7. The van der Waals surface area contributed by atoms with E-state index in [2.05, 4.69) is 4.72 Å². The third-order valence-corrected chi connectivity index (χ3v) is 6.00. The Labute approximate surface area is 157 Å². The summed E-state index contributed by atoms with van der Waals surface area (Å²) in [6.07, 6.45) is -3.34. The Morgan fingerprint density at radius 2 is 1.89 bits per heavy atom. The van der Waals surface area contributed by atoms with Crippen molar-refractivity contribution in [3.05, 3.63) is 76.4 Å². The Balaban J connectivity index is 1.90. The molecule has 2 N–H and O–H groups in total. The summed E-state index contributed by atoms with van der Waals surface area (Å²) in [5, 5.41) is 14.4. The van der Waals surface area contributed by atoms with Gasteiger partial charge in [-0.25, -0.2) is 13.1 Å². The lowest BCUT2D eigenvalue weighted by Crippen LogP contribution is -2.41. The zero-order valence-corrected chi connectivity index (χ0v) is 15.2. The van der Waals surface area contributed by atoms with E-state index >= 15 is 0 Å². The molecule has 1 aromatic carbocycles. The molecule has 0 amide bonds. The Morgan fingerprint density at radius 1 is 1.11 bits per heavy atom. The Morgan fingerprint density at radius 3 is 2.48 bits per heavy atom. The topological polar surface area (TPSA) is 79.5 Å². The smallest absolute Gasteiger partial charge is 0.416 e. The van der Waals surface area contributed by atoms with Gasteiger partial charge in [0, 0.05) is 5.56 Å². The van der Waals surface area contributed by atoms with Crippen molar-refractivity contribution in [1.82, 2.24) is 4.72 Å². The molecular formula is C17H14F3NO4S2. The first-order valence-electron chi connectivity index (χ1n) is 7.59. The molecule has 1 atom stereocenters. The SMILES string of the molecule is O=S(=O)(NC[C@](O)(c1ccsc1)c1ccco1)c1cccc(C(F)(F)F)c1. The van der Waals surface area contributed by atoms with E-state index in [0.29, 0.717) is 11.6 Å². The fourth-order valence-corrected chi connectivity index (χ4v) is 4.30. The van der Waals surface area contributed by atoms with Crippen LogP contribution in [0.15, 0.2) is 68.8 Å². The standard InChI is InChI=1S/C17H14F3NO4S2/c18-17(19,20)12-3-1-4-14(9-12)27(23,24)21-11-16(22,13-6-8-26-10-13)15-5-2-7-25-15/h1-10,21-22H,11H2/t16-/m0/s1. The summed E-state index contributed by atoms with van der Waals surface area (Å²) in [5.74, 6) is 0.104. The number of rotatable bonds is 6. The van der Waals surface area contributed by atoms with Gasteiger partial charge in [-0.15, -0.1) is 0 Å². The van der Waals surface area contributed by atoms with Crippen LogP contribution in [0.3, 0.4) is 0 Å². The molecule has 0 aliphatic rings. The number of aliphatic hydroxyl groups is 1. The predicted octanol–water partition coefficient (Wildman–Crippen LogP) is 3.57. The van der Waals surface area contributed by atoms with Crippen LogP contribution in [-0.4, -0.2) is 20.1 Å². The average Bonchev–Trinajstić information content (AvgIpc) is 3.33. The molecular weight excluding hydrogens is 403 g/mol. The van der Waals surface area contributed by atoms with Gasteiger partial charge >= 0.3 is 6.18 Å². The van der Waals surface area contributed by atoms with E-state index in [1.807, 2.05) is 0 Å². The highest BCUT2D eigenvalue weighted by Crippen LogP contribution is 2.32. The lowest BCUT2D eigenvalue weighted by atomic mass is 9.94. The van der Waals surface area contributed by atoms with Crippen LogP contribution in [0.4, 0.5) is 13.2 Å². The van der Waals surface area contributed by atoms with Crippen LogP contribution in [0.1, 0.15) is 16.9 Å². The van der Waals surface area contributed by atoms with Crippen LogP contribution in [0, 0.1) is 0 Å². The molecule has 0 saturated heterocycles. The summed E-state index contributed by atoms with van der Waals surface area (Å²) >= 11 is 1.29. The highest BCUT2D eigenvalue weighted by Gasteiger charge is 2.37. The van der Waals surface area contributed by atoms with Crippen molar-refractivity contribution in [1.29, 1.82) is 0 Å². The Kier molecular flexibility index (Phi) is 5.17. The molecule has 0 bridgehead atoms. The maximum atomic E-state index is 12.8. The second-order valence-corrected chi connectivity index (χ2v) is 8.25. The third-order valence-electron chi connectivity index (χ3n) is 3.92. The van der Waals surface area contributed by atoms with Gasteiger partial charge in [0.2, 0.25) is 10.0 Å². The van der Waals surface area contributed by atoms with E-state index in [1.165, 1.54) is 29.7 Å². The molecule has 0 aliphatic carbocycles. The minimum Gasteiger partial charge on any atom is -0.466 e. The molecule has 3 aromatic rings. The van der Waals surface area contributed by atoms with Crippen molar-refractivity contribution >= 4 is 21.4 Å². The summed E-state index contributed by atoms with van der Waals surface area (Å²) in [6.45, 7) is -0.518. The predicted molar refractivity (Wildman–Crippen MR) is 92.7 cm³/mol. The number of sulfonamides is 1. The van der Waals surface area contributed by atoms with Gasteiger partial charge in [0.05, 0.1) is 23.3 Å². The van der Waals surface area contributed by atoms with E-state index < -0.39 is 38.8 Å². The second kappa shape index (κ2) is 7.12. The molecule has 0 fully saturated rings. The molecule has 0 unspecified atom stereocenters. The van der Waals surface area contributed by atoms with Crippen LogP contribution in [0.2, 0.25) is 0 Å². The molecule has 0 radical (unpaired) electrons. The van der Waals surface area contributed by atoms with Gasteiger partial charge in [-0.3, -0.25) is 0 Å². The number of hydrogen-bond acceptors (Lipinski definition) is 5. The first-order valence-corrected chi connectivity index (χ1v) is 10.0. The van der Waals surface area contributed by atoms with Crippen molar-refractivity contribution < 1.29 is 31.1 Å². The maximum absolute atomic E-state index is 12.8. The largest absolute Gasteiger partial charge is 0.466 e. The highest BCUT2D eigenvalue weighted by molar-refractivity contribution is 7.89. The molecule has 27 heavy (non-hydrogen) atoms. The maximum Gasteiger partial charge on any atom is 0.416 e. The number of halogens is 3. The molecule has 144 valence electrons. The number of benzene rings is 1. The fourth-order valence-electron chi connectivity index (χ4n) is 2.47. The van der Waals surface area contributed by atoms with Crippen LogP contribution >= 0.6 is 11.3 Å². The summed E-state index contributed by atoms with van der Waals surface area (Å²) in [7, 11) is -4.31. The van der Waals surface area contributed by atoms with Gasteiger partial charge in [-0.05, 0) is 47.2 Å². The van der Waals surface area contributed by atoms with Crippen molar-refractivity contribution in [3.63, 3.8) is 0 Å². The quantitative estimate of drug-likeness (QED) is 0.643. The first kappa shape index (κ1) is 19.6. The van der Waals surface area contributed by atoms with E-state index in [9.17, 15) is 26.7 Å². The molecule has 5 nitrogen and oxygen atoms in total. The molecule has 2 heterocycles. The number of hydrogen-bond donors (Lipinski definition) is 2. The third kappa shape index (κ3) is 4.08. The van der Waals surface area contributed by atoms with Crippen LogP contribution in [-0.2, 0) is 21.8 Å². The normalized spacial score (nSPS) is 14.8. The Bertz CT molecular complexity index is 963. The van der Waals surface area contributed by atoms with Gasteiger partial charge in [-0.2, -0.15) is 24.5 Å². The van der Waals surface area contributed by atoms with Gasteiger partial charge in [0.15, 0.2) is 5.60 Å². The van der Waals surface area contributed by atoms with Crippen LogP contribution in [0.5, 0.6) is 0 Å². The molecule has 0 saturated carbocycles. The number of thiophene rings is 1. The summed E-state index contributed by atoms with van der Waals surface area (Å²) < 4.78 is 70.9. The van der Waals surface area contributed by atoms with Crippen LogP contribution < -0.4 is 4.72 Å². The lowest BCUT2D eigenvalue weighted by Gasteiger charge is -2.25. The fraction of sp³-hybridized carbons (Fsp3) is 0.176. The van der Waals surface area contributed by atoms with Gasteiger partial charge in [-0.1, -0.05) is 6.07 Å². The van der Waals surface area contributed by atoms with Crippen molar-refractivity contribution in [2.45, 2.75) is 16.7 Å². The highest BCUT2D eigenvalue weighted by atomic mass is 32.2. The summed E-state index contributed by atoms with van der Waals surface area (Å²) in [5.41, 5.74) is -2.49. The van der Waals surface area contributed by atoms with Gasteiger partial charge < -0.3 is 9.52 Å². The van der Waals surface area contributed by atoms with Crippen molar-refractivity contribution in [3.8, 4) is 0 Å².